The molecule has 0 heterocycles. The summed E-state index contributed by atoms with van der Waals surface area (Å²) in [6, 6.07) is 0. The Morgan fingerprint density at radius 3 is 1.00 bits per heavy atom. The average Bonchev–Trinajstić information content (AvgIpc) is 1.39. The maximum Gasteiger partial charge on any atom is 1.00 e. The summed E-state index contributed by atoms with van der Waals surface area (Å²) in [6.45, 7) is 0. The Balaban J connectivity index is -0.0000000160. The van der Waals surface area contributed by atoms with Crippen LogP contribution in [0.3, 0.4) is 0 Å². The molecule has 0 fully saturated rings. The van der Waals surface area contributed by atoms with Crippen molar-refractivity contribution >= 4 is 34.8 Å². The van der Waals surface area contributed by atoms with Gasteiger partial charge in [-0.1, -0.05) is 24.4 Å². The van der Waals surface area contributed by atoms with E-state index in [4.69, 9.17) is 10.8 Å². The van der Waals surface area contributed by atoms with Gasteiger partial charge in [-0.2, -0.15) is 10.3 Å². The van der Waals surface area contributed by atoms with E-state index in [1.165, 1.54) is 10.3 Å². The summed E-state index contributed by atoms with van der Waals surface area (Å²) < 4.78 is 0. The van der Waals surface area contributed by atoms with Crippen molar-refractivity contribution < 1.29 is 48.4 Å². The number of thiocarbonyl (C=S) groups is 2. The summed E-state index contributed by atoms with van der Waals surface area (Å²) in [6.07, 6.45) is 0. The van der Waals surface area contributed by atoms with E-state index in [0.29, 0.717) is 0 Å². The van der Waals surface area contributed by atoms with Crippen molar-refractivity contribution in [2.75, 3.05) is 0 Å². The molecule has 0 rings (SSSR count). The Bertz CT molecular complexity index is 72.0. The van der Waals surface area contributed by atoms with Crippen LogP contribution in [0.25, 0.3) is 10.8 Å². The molecule has 0 aliphatic heterocycles. The van der Waals surface area contributed by atoms with Gasteiger partial charge in [0.05, 0.1) is 0 Å². The van der Waals surface area contributed by atoms with Gasteiger partial charge < -0.3 is 10.8 Å². The number of hydrogen-bond donors (Lipinski definition) is 0. The summed E-state index contributed by atoms with van der Waals surface area (Å²) in [5.74, 6) is 0. The molecule has 0 aliphatic rings. The third-order valence-corrected chi connectivity index (χ3v) is 0. The Labute approximate surface area is 92.9 Å². The maximum atomic E-state index is 7.13. The van der Waals surface area contributed by atoms with E-state index in [-0.39, 0.29) is 48.4 Å². The molecule has 0 amide bonds. The van der Waals surface area contributed by atoms with Crippen molar-refractivity contribution in [1.29, 1.82) is 0 Å². The van der Waals surface area contributed by atoms with Gasteiger partial charge in [-0.15, -0.1) is 0 Å². The van der Waals surface area contributed by atoms with Gasteiger partial charge >= 0.3 is 48.4 Å². The molecular weight excluding hydrogens is 146 g/mol. The molecule has 0 saturated heterocycles. The first-order valence-corrected chi connectivity index (χ1v) is 1.67. The molecule has 0 radical (unpaired) electrons. The summed E-state index contributed by atoms with van der Waals surface area (Å²) in [5, 5.41) is 16.9. The maximum absolute atomic E-state index is 7.13. The molecule has 8 heavy (non-hydrogen) atoms. The van der Waals surface area contributed by atoms with Crippen molar-refractivity contribution in [2.24, 2.45) is 0 Å². The van der Waals surface area contributed by atoms with E-state index >= 15 is 0 Å². The summed E-state index contributed by atoms with van der Waals surface area (Å²) in [4.78, 5) is 0. The fourth-order valence-corrected chi connectivity index (χ4v) is 0. The SMILES string of the molecule is [Li+].[N-]=C=S.[N-]=C=S.[Na+]. The second-order valence-electron chi connectivity index (χ2n) is 0.183. The average molecular weight is 146 g/mol. The van der Waals surface area contributed by atoms with Crippen molar-refractivity contribution in [3.05, 3.63) is 10.8 Å². The van der Waals surface area contributed by atoms with E-state index in [2.05, 4.69) is 24.4 Å². The molecule has 6 heteroatoms. The van der Waals surface area contributed by atoms with E-state index < -0.39 is 0 Å². The number of nitrogens with zero attached hydrogens (tertiary/aromatic N) is 2. The molecule has 0 N–H and O–H groups in total. The van der Waals surface area contributed by atoms with E-state index in [0.717, 1.165) is 0 Å². The molecule has 0 bridgehead atoms. The van der Waals surface area contributed by atoms with Crippen LogP contribution in [-0.2, 0) is 0 Å². The van der Waals surface area contributed by atoms with Gasteiger partial charge in [0.1, 0.15) is 0 Å². The summed E-state index contributed by atoms with van der Waals surface area (Å²) >= 11 is 7.40. The van der Waals surface area contributed by atoms with Crippen LogP contribution in [0.4, 0.5) is 0 Å². The zero-order valence-electron chi connectivity index (χ0n) is 4.71. The molecule has 0 spiro atoms. The molecule has 0 aliphatic carbocycles. The van der Waals surface area contributed by atoms with Crippen molar-refractivity contribution in [1.82, 2.24) is 0 Å². The normalized spacial score (nSPS) is 2.00. The molecule has 0 aromatic rings. The predicted molar refractivity (Wildman–Crippen MR) is 31.9 cm³/mol. The van der Waals surface area contributed by atoms with Crippen LogP contribution < -0.4 is 48.4 Å². The third-order valence-electron chi connectivity index (χ3n) is 0. The van der Waals surface area contributed by atoms with Gasteiger partial charge in [-0.25, -0.2) is 0 Å². The first-order valence-electron chi connectivity index (χ1n) is 0.855. The Morgan fingerprint density at radius 2 is 1.00 bits per heavy atom. The van der Waals surface area contributed by atoms with Gasteiger partial charge in [0.25, 0.3) is 0 Å². The third kappa shape index (κ3) is 193. The first-order chi connectivity index (χ1) is 2.83. The molecule has 0 saturated carbocycles. The van der Waals surface area contributed by atoms with Crippen molar-refractivity contribution in [3.8, 4) is 0 Å². The van der Waals surface area contributed by atoms with E-state index in [1.54, 1.807) is 0 Å². The summed E-state index contributed by atoms with van der Waals surface area (Å²) in [5.41, 5.74) is 0. The topological polar surface area (TPSA) is 44.6 Å². The summed E-state index contributed by atoms with van der Waals surface area (Å²) in [7, 11) is 0. The fraction of sp³-hybridized carbons (Fsp3) is 0. The van der Waals surface area contributed by atoms with Gasteiger partial charge in [0, 0.05) is 0 Å². The largest absolute Gasteiger partial charge is 1.00 e. The van der Waals surface area contributed by atoms with Crippen LogP contribution in [0.5, 0.6) is 0 Å². The Kier molecular flexibility index (Phi) is 119. The molecule has 0 atom stereocenters. The number of isothiocyanates is 2. The quantitative estimate of drug-likeness (QED) is 0.196. The van der Waals surface area contributed by atoms with Gasteiger partial charge in [0.2, 0.25) is 0 Å². The molecule has 2 nitrogen and oxygen atoms in total. The van der Waals surface area contributed by atoms with Crippen molar-refractivity contribution in [3.63, 3.8) is 0 Å². The molecule has 0 aromatic carbocycles. The number of hydrogen-bond acceptors (Lipinski definition) is 2. The fourth-order valence-electron chi connectivity index (χ4n) is 0. The smallest absolute Gasteiger partial charge is 0.753 e. The van der Waals surface area contributed by atoms with E-state index in [9.17, 15) is 0 Å². The second kappa shape index (κ2) is 41.5. The van der Waals surface area contributed by atoms with Crippen LogP contribution in [0, 0.1) is 0 Å². The van der Waals surface area contributed by atoms with Crippen LogP contribution in [0.15, 0.2) is 0 Å². The second-order valence-corrected chi connectivity index (χ2v) is 0.548. The molecular formula is C2LiN2NaS2. The van der Waals surface area contributed by atoms with Gasteiger partial charge in [0.15, 0.2) is 0 Å². The zero-order chi connectivity index (χ0) is 5.41. The standard InChI is InChI=1S/2CNS.Li.Na/c2*2-1-3;;/q2*-1;2*+1. The molecule has 32 valence electrons. The minimum atomic E-state index is 0. The van der Waals surface area contributed by atoms with Crippen LogP contribution in [-0.4, -0.2) is 10.3 Å². The van der Waals surface area contributed by atoms with Crippen LogP contribution in [0.1, 0.15) is 0 Å². The minimum absolute atomic E-state index is 0. The zero-order valence-corrected chi connectivity index (χ0v) is 8.34. The minimum Gasteiger partial charge on any atom is -0.753 e. The Morgan fingerprint density at radius 1 is 1.00 bits per heavy atom. The monoisotopic (exact) mass is 146 g/mol. The van der Waals surface area contributed by atoms with Crippen LogP contribution in [0.2, 0.25) is 0 Å². The first kappa shape index (κ1) is 22.9. The molecule has 0 aromatic heterocycles. The van der Waals surface area contributed by atoms with Gasteiger partial charge in [-0.3, -0.25) is 0 Å². The predicted octanol–water partition coefficient (Wildman–Crippen LogP) is -4.67. The van der Waals surface area contributed by atoms with E-state index in [1.807, 2.05) is 0 Å². The van der Waals surface area contributed by atoms with Crippen LogP contribution >= 0.6 is 24.4 Å². The van der Waals surface area contributed by atoms with Gasteiger partial charge in [-0.05, 0) is 0 Å². The number of rotatable bonds is 0. The van der Waals surface area contributed by atoms with Crippen molar-refractivity contribution in [2.45, 2.75) is 0 Å². The Hall–Kier alpha value is 1.20. The molecule has 0 unspecified atom stereocenters.